The molecule has 0 aromatic carbocycles. The first kappa shape index (κ1) is 12.5. The van der Waals surface area contributed by atoms with E-state index in [-0.39, 0.29) is 18.1 Å². The van der Waals surface area contributed by atoms with Crippen molar-refractivity contribution < 1.29 is 9.53 Å². The third kappa shape index (κ3) is 3.26. The maximum absolute atomic E-state index is 11.9. The number of carbonyl (C=O) groups excluding carboxylic acids is 1. The highest BCUT2D eigenvalue weighted by Crippen LogP contribution is 2.21. The van der Waals surface area contributed by atoms with Gasteiger partial charge in [0.1, 0.15) is 5.69 Å². The Balaban J connectivity index is 1.91. The number of pyridine rings is 1. The number of methoxy groups -OCH3 is 1. The maximum atomic E-state index is 11.9. The minimum Gasteiger partial charge on any atom is -0.381 e. The molecule has 4 nitrogen and oxygen atoms in total. The first-order chi connectivity index (χ1) is 8.19. The molecule has 1 amide bonds. The standard InChI is InChI=1S/C12H15BrN2O2/c1-17-10-4-3-9(6-10)15-12(16)11-5-2-8(13)7-14-11/h2,5,7,9-10H,3-4,6H2,1H3,(H,15,16). The van der Waals surface area contributed by atoms with Crippen molar-refractivity contribution in [3.8, 4) is 0 Å². The second-order valence-electron chi connectivity index (χ2n) is 4.20. The summed E-state index contributed by atoms with van der Waals surface area (Å²) in [6.07, 6.45) is 4.77. The molecule has 1 N–H and O–H groups in total. The van der Waals surface area contributed by atoms with Crippen LogP contribution in [-0.4, -0.2) is 30.1 Å². The van der Waals surface area contributed by atoms with Crippen molar-refractivity contribution in [1.82, 2.24) is 10.3 Å². The first-order valence-electron chi connectivity index (χ1n) is 5.64. The Hall–Kier alpha value is -0.940. The van der Waals surface area contributed by atoms with Gasteiger partial charge < -0.3 is 10.1 Å². The molecular formula is C12H15BrN2O2. The molecule has 17 heavy (non-hydrogen) atoms. The van der Waals surface area contributed by atoms with Crippen LogP contribution in [0.15, 0.2) is 22.8 Å². The monoisotopic (exact) mass is 298 g/mol. The van der Waals surface area contributed by atoms with E-state index in [0.717, 1.165) is 23.7 Å². The smallest absolute Gasteiger partial charge is 0.270 e. The normalized spacial score (nSPS) is 23.6. The van der Waals surface area contributed by atoms with Gasteiger partial charge in [0.25, 0.3) is 5.91 Å². The minimum atomic E-state index is -0.112. The van der Waals surface area contributed by atoms with E-state index in [9.17, 15) is 4.79 Å². The lowest BCUT2D eigenvalue weighted by Gasteiger charge is -2.12. The van der Waals surface area contributed by atoms with E-state index in [4.69, 9.17) is 4.74 Å². The molecule has 1 aromatic heterocycles. The first-order valence-corrected chi connectivity index (χ1v) is 6.43. The van der Waals surface area contributed by atoms with Gasteiger partial charge in [-0.05, 0) is 47.3 Å². The Morgan fingerprint density at radius 2 is 2.35 bits per heavy atom. The van der Waals surface area contributed by atoms with E-state index in [1.807, 2.05) is 6.07 Å². The van der Waals surface area contributed by atoms with Crippen molar-refractivity contribution in [3.63, 3.8) is 0 Å². The molecule has 2 unspecified atom stereocenters. The fourth-order valence-electron chi connectivity index (χ4n) is 2.05. The Kier molecular flexibility index (Phi) is 4.12. The van der Waals surface area contributed by atoms with Crippen LogP contribution in [0.4, 0.5) is 0 Å². The summed E-state index contributed by atoms with van der Waals surface area (Å²) < 4.78 is 6.14. The highest BCUT2D eigenvalue weighted by Gasteiger charge is 2.26. The molecule has 0 bridgehead atoms. The number of hydrogen-bond donors (Lipinski definition) is 1. The second kappa shape index (κ2) is 5.60. The summed E-state index contributed by atoms with van der Waals surface area (Å²) in [6, 6.07) is 3.73. The molecule has 1 heterocycles. The van der Waals surface area contributed by atoms with Crippen LogP contribution in [0.2, 0.25) is 0 Å². The molecule has 5 heteroatoms. The zero-order chi connectivity index (χ0) is 12.3. The molecule has 1 fully saturated rings. The molecule has 92 valence electrons. The molecule has 1 saturated carbocycles. The number of nitrogens with zero attached hydrogens (tertiary/aromatic N) is 1. The van der Waals surface area contributed by atoms with Gasteiger partial charge in [0.05, 0.1) is 6.10 Å². The van der Waals surface area contributed by atoms with Crippen LogP contribution in [-0.2, 0) is 4.74 Å². The lowest BCUT2D eigenvalue weighted by Crippen LogP contribution is -2.33. The molecular weight excluding hydrogens is 284 g/mol. The van der Waals surface area contributed by atoms with Crippen LogP contribution in [0.5, 0.6) is 0 Å². The number of halogens is 1. The molecule has 2 atom stereocenters. The van der Waals surface area contributed by atoms with Gasteiger partial charge in [0, 0.05) is 23.8 Å². The lowest BCUT2D eigenvalue weighted by molar-refractivity contribution is 0.0910. The van der Waals surface area contributed by atoms with Gasteiger partial charge in [-0.2, -0.15) is 0 Å². The van der Waals surface area contributed by atoms with Gasteiger partial charge in [0.15, 0.2) is 0 Å². The number of rotatable bonds is 3. The molecule has 2 rings (SSSR count). The van der Waals surface area contributed by atoms with Crippen molar-refractivity contribution >= 4 is 21.8 Å². The van der Waals surface area contributed by atoms with Gasteiger partial charge in [0.2, 0.25) is 0 Å². The number of nitrogens with one attached hydrogen (secondary N) is 1. The molecule has 0 radical (unpaired) electrons. The Morgan fingerprint density at radius 3 is 2.94 bits per heavy atom. The fraction of sp³-hybridized carbons (Fsp3) is 0.500. The van der Waals surface area contributed by atoms with Gasteiger partial charge in [-0.1, -0.05) is 0 Å². The minimum absolute atomic E-state index is 0.112. The second-order valence-corrected chi connectivity index (χ2v) is 5.12. The van der Waals surface area contributed by atoms with E-state index in [1.165, 1.54) is 0 Å². The summed E-state index contributed by atoms with van der Waals surface area (Å²) in [5.41, 5.74) is 0.453. The van der Waals surface area contributed by atoms with Crippen LogP contribution >= 0.6 is 15.9 Å². The zero-order valence-corrected chi connectivity index (χ0v) is 11.2. The highest BCUT2D eigenvalue weighted by atomic mass is 79.9. The van der Waals surface area contributed by atoms with Crippen LogP contribution < -0.4 is 5.32 Å². The summed E-state index contributed by atoms with van der Waals surface area (Å²) >= 11 is 3.29. The Morgan fingerprint density at radius 1 is 1.53 bits per heavy atom. The van der Waals surface area contributed by atoms with E-state index < -0.39 is 0 Å². The van der Waals surface area contributed by atoms with Gasteiger partial charge in [-0.15, -0.1) is 0 Å². The predicted molar refractivity (Wildman–Crippen MR) is 67.8 cm³/mol. The number of amides is 1. The average Bonchev–Trinajstić information content (AvgIpc) is 2.77. The van der Waals surface area contributed by atoms with Crippen LogP contribution in [0.1, 0.15) is 29.8 Å². The van der Waals surface area contributed by atoms with Gasteiger partial charge in [-0.3, -0.25) is 4.79 Å². The maximum Gasteiger partial charge on any atom is 0.270 e. The molecule has 0 spiro atoms. The zero-order valence-electron chi connectivity index (χ0n) is 9.65. The Labute approximate surface area is 109 Å². The quantitative estimate of drug-likeness (QED) is 0.930. The fourth-order valence-corrected chi connectivity index (χ4v) is 2.29. The van der Waals surface area contributed by atoms with Gasteiger partial charge in [-0.25, -0.2) is 4.98 Å². The summed E-state index contributed by atoms with van der Waals surface area (Å²) in [4.78, 5) is 15.9. The summed E-state index contributed by atoms with van der Waals surface area (Å²) in [5, 5.41) is 2.98. The molecule has 1 aliphatic rings. The van der Waals surface area contributed by atoms with E-state index in [0.29, 0.717) is 5.69 Å². The average molecular weight is 299 g/mol. The summed E-state index contributed by atoms with van der Waals surface area (Å²) in [7, 11) is 1.71. The number of aromatic nitrogens is 1. The van der Waals surface area contributed by atoms with Crippen molar-refractivity contribution in [2.45, 2.75) is 31.4 Å². The topological polar surface area (TPSA) is 51.2 Å². The number of ether oxygens (including phenoxy) is 1. The molecule has 1 aromatic rings. The molecule has 1 aliphatic carbocycles. The van der Waals surface area contributed by atoms with Crippen LogP contribution in [0, 0.1) is 0 Å². The predicted octanol–water partition coefficient (Wildman–Crippen LogP) is 2.14. The summed E-state index contributed by atoms with van der Waals surface area (Å²) in [6.45, 7) is 0. The van der Waals surface area contributed by atoms with Crippen molar-refractivity contribution in [3.05, 3.63) is 28.5 Å². The third-order valence-corrected chi connectivity index (χ3v) is 3.48. The number of carbonyl (C=O) groups is 1. The van der Waals surface area contributed by atoms with E-state index in [2.05, 4.69) is 26.2 Å². The lowest BCUT2D eigenvalue weighted by atomic mass is 10.2. The summed E-state index contributed by atoms with van der Waals surface area (Å²) in [5.74, 6) is -0.112. The van der Waals surface area contributed by atoms with Crippen molar-refractivity contribution in [2.24, 2.45) is 0 Å². The number of hydrogen-bond acceptors (Lipinski definition) is 3. The van der Waals surface area contributed by atoms with Crippen LogP contribution in [0.25, 0.3) is 0 Å². The van der Waals surface area contributed by atoms with Crippen molar-refractivity contribution in [2.75, 3.05) is 7.11 Å². The van der Waals surface area contributed by atoms with Crippen molar-refractivity contribution in [1.29, 1.82) is 0 Å². The van der Waals surface area contributed by atoms with E-state index in [1.54, 1.807) is 19.4 Å². The Bertz CT molecular complexity index is 394. The van der Waals surface area contributed by atoms with Gasteiger partial charge >= 0.3 is 0 Å². The third-order valence-electron chi connectivity index (χ3n) is 3.01. The highest BCUT2D eigenvalue weighted by molar-refractivity contribution is 9.10. The largest absolute Gasteiger partial charge is 0.381 e. The van der Waals surface area contributed by atoms with Crippen LogP contribution in [0.3, 0.4) is 0 Å². The molecule has 0 saturated heterocycles. The van der Waals surface area contributed by atoms with E-state index >= 15 is 0 Å². The SMILES string of the molecule is COC1CCC(NC(=O)c2ccc(Br)cn2)C1. The molecule has 0 aliphatic heterocycles.